The van der Waals surface area contributed by atoms with Gasteiger partial charge in [0.2, 0.25) is 0 Å². The van der Waals surface area contributed by atoms with E-state index in [9.17, 15) is 4.79 Å². The first-order valence-corrected chi connectivity index (χ1v) is 12.2. The van der Waals surface area contributed by atoms with Crippen molar-refractivity contribution in [2.24, 2.45) is 0 Å². The highest BCUT2D eigenvalue weighted by Gasteiger charge is 2.24. The van der Waals surface area contributed by atoms with Crippen molar-refractivity contribution in [1.82, 2.24) is 19.9 Å². The number of aromatic nitrogens is 3. The molecule has 0 bridgehead atoms. The zero-order valence-corrected chi connectivity index (χ0v) is 19.9. The van der Waals surface area contributed by atoms with E-state index in [2.05, 4.69) is 14.9 Å². The molecule has 0 atom stereocenters. The maximum absolute atomic E-state index is 13.6. The number of benzene rings is 2. The number of fused-ring (bicyclic) bond motifs is 2. The van der Waals surface area contributed by atoms with Crippen molar-refractivity contribution in [3.63, 3.8) is 0 Å². The molecule has 4 aromatic rings. The molecule has 2 aromatic heterocycles. The van der Waals surface area contributed by atoms with Crippen LogP contribution in [0.2, 0.25) is 5.02 Å². The molecule has 1 fully saturated rings. The second-order valence-electron chi connectivity index (χ2n) is 8.07. The molecule has 170 valence electrons. The van der Waals surface area contributed by atoms with Gasteiger partial charge in [0.05, 0.1) is 40.7 Å². The number of morpholine rings is 1. The second-order valence-corrected chi connectivity index (χ2v) is 9.52. The zero-order valence-electron chi connectivity index (χ0n) is 18.3. The molecule has 33 heavy (non-hydrogen) atoms. The molecule has 1 aliphatic rings. The molecule has 0 aliphatic carbocycles. The summed E-state index contributed by atoms with van der Waals surface area (Å²) >= 11 is 7.73. The summed E-state index contributed by atoms with van der Waals surface area (Å²) < 4.78 is 6.41. The third-order valence-corrected chi connectivity index (χ3v) is 6.99. The Morgan fingerprint density at radius 2 is 1.97 bits per heavy atom. The lowest BCUT2D eigenvalue weighted by Gasteiger charge is -2.27. The summed E-state index contributed by atoms with van der Waals surface area (Å²) in [5.41, 5.74) is 3.64. The van der Waals surface area contributed by atoms with Gasteiger partial charge < -0.3 is 4.74 Å². The first-order valence-electron chi connectivity index (χ1n) is 11.0. The number of hydrogen-bond donors (Lipinski definition) is 0. The topological polar surface area (TPSA) is 71.5 Å². The van der Waals surface area contributed by atoms with Crippen LogP contribution in [0.15, 0.2) is 42.6 Å². The predicted molar refractivity (Wildman–Crippen MR) is 132 cm³/mol. The van der Waals surface area contributed by atoms with Gasteiger partial charge in [-0.1, -0.05) is 35.1 Å². The van der Waals surface area contributed by atoms with Crippen molar-refractivity contribution < 1.29 is 9.53 Å². The number of amides is 1. The lowest BCUT2D eigenvalue weighted by molar-refractivity contribution is 0.0376. The number of hydrogen-bond acceptors (Lipinski definition) is 7. The van der Waals surface area contributed by atoms with Crippen LogP contribution in [-0.4, -0.2) is 65.2 Å². The van der Waals surface area contributed by atoms with Crippen LogP contribution < -0.4 is 4.90 Å². The van der Waals surface area contributed by atoms with Crippen LogP contribution >= 0.6 is 22.9 Å². The Balaban J connectivity index is 1.45. The fraction of sp³-hybridized carbons (Fsp3) is 0.333. The Bertz CT molecular complexity index is 1300. The van der Waals surface area contributed by atoms with Crippen LogP contribution in [0, 0.1) is 6.92 Å². The van der Waals surface area contributed by atoms with Crippen molar-refractivity contribution in [3.05, 3.63) is 58.9 Å². The summed E-state index contributed by atoms with van der Waals surface area (Å²) in [6.07, 6.45) is 2.37. The Hall–Kier alpha value is -2.65. The Labute approximate surface area is 201 Å². The van der Waals surface area contributed by atoms with E-state index in [1.165, 1.54) is 11.3 Å². The van der Waals surface area contributed by atoms with Gasteiger partial charge in [-0.2, -0.15) is 0 Å². The molecule has 2 aromatic carbocycles. The van der Waals surface area contributed by atoms with E-state index >= 15 is 0 Å². The molecule has 0 N–H and O–H groups in total. The highest BCUT2D eigenvalue weighted by molar-refractivity contribution is 7.22. The van der Waals surface area contributed by atoms with Gasteiger partial charge in [-0.15, -0.1) is 0 Å². The van der Waals surface area contributed by atoms with E-state index in [1.807, 2.05) is 43.3 Å². The normalized spacial score (nSPS) is 14.7. The number of aryl methyl sites for hydroxylation is 1. The molecule has 1 amide bonds. The predicted octanol–water partition coefficient (Wildman–Crippen LogP) is 4.57. The molecule has 0 spiro atoms. The van der Waals surface area contributed by atoms with Crippen LogP contribution in [0.5, 0.6) is 0 Å². The minimum atomic E-state index is -0.196. The smallest absolute Gasteiger partial charge is 0.280 e. The van der Waals surface area contributed by atoms with Crippen LogP contribution in [-0.2, 0) is 4.74 Å². The summed E-state index contributed by atoms with van der Waals surface area (Å²) in [7, 11) is 0. The number of carbonyl (C=O) groups excluding carboxylic acids is 1. The summed E-state index contributed by atoms with van der Waals surface area (Å²) in [5.74, 6) is -0.196. The van der Waals surface area contributed by atoms with Crippen LogP contribution in [0.1, 0.15) is 22.5 Å². The molecule has 0 radical (unpaired) electrons. The minimum Gasteiger partial charge on any atom is -0.379 e. The molecular formula is C24H24ClN5O2S. The fourth-order valence-electron chi connectivity index (χ4n) is 4.02. The standard InChI is InChI=1S/C24H24ClN5O2S/c1-16-13-17(25)14-21-22(16)28-24(33-21)30(8-4-7-29-9-11-32-12-10-29)23(31)20-15-26-18-5-2-3-6-19(18)27-20/h2-3,5-6,13-15H,4,7-12H2,1H3. The Morgan fingerprint density at radius 1 is 1.18 bits per heavy atom. The summed E-state index contributed by atoms with van der Waals surface area (Å²) in [6.45, 7) is 6.77. The molecule has 7 nitrogen and oxygen atoms in total. The van der Waals surface area contributed by atoms with Crippen LogP contribution in [0.4, 0.5) is 5.13 Å². The van der Waals surface area contributed by atoms with Gasteiger partial charge in [-0.05, 0) is 43.2 Å². The number of carbonyl (C=O) groups is 1. The van der Waals surface area contributed by atoms with Gasteiger partial charge in [-0.25, -0.2) is 9.97 Å². The van der Waals surface area contributed by atoms with E-state index in [-0.39, 0.29) is 5.91 Å². The van der Waals surface area contributed by atoms with Crippen molar-refractivity contribution >= 4 is 55.2 Å². The fourth-order valence-corrected chi connectivity index (χ4v) is 5.46. The largest absolute Gasteiger partial charge is 0.379 e. The molecule has 5 rings (SSSR count). The molecular weight excluding hydrogens is 458 g/mol. The average Bonchev–Trinajstić information content (AvgIpc) is 3.26. The van der Waals surface area contributed by atoms with Gasteiger partial charge in [0.1, 0.15) is 5.69 Å². The van der Waals surface area contributed by atoms with Gasteiger partial charge in [0.25, 0.3) is 5.91 Å². The SMILES string of the molecule is Cc1cc(Cl)cc2sc(N(CCCN3CCOCC3)C(=O)c3cnc4ccccc4n3)nc12. The summed E-state index contributed by atoms with van der Waals surface area (Å²) in [5, 5.41) is 1.32. The number of nitrogens with zero attached hydrogens (tertiary/aromatic N) is 5. The number of anilines is 1. The van der Waals surface area contributed by atoms with E-state index in [1.54, 1.807) is 11.1 Å². The zero-order chi connectivity index (χ0) is 22.8. The number of halogens is 1. The number of para-hydroxylation sites is 2. The molecule has 0 saturated carbocycles. The van der Waals surface area contributed by atoms with Gasteiger partial charge in [0.15, 0.2) is 5.13 Å². The average molecular weight is 482 g/mol. The van der Waals surface area contributed by atoms with E-state index in [4.69, 9.17) is 21.3 Å². The highest BCUT2D eigenvalue weighted by Crippen LogP contribution is 2.33. The maximum Gasteiger partial charge on any atom is 0.280 e. The Kier molecular flexibility index (Phi) is 6.50. The van der Waals surface area contributed by atoms with Crippen LogP contribution in [0.25, 0.3) is 21.3 Å². The molecule has 0 unspecified atom stereocenters. The number of ether oxygens (including phenoxy) is 1. The lowest BCUT2D eigenvalue weighted by atomic mass is 10.2. The monoisotopic (exact) mass is 481 g/mol. The van der Waals surface area contributed by atoms with E-state index < -0.39 is 0 Å². The second kappa shape index (κ2) is 9.69. The molecule has 9 heteroatoms. The number of thiazole rings is 1. The molecule has 1 saturated heterocycles. The van der Waals surface area contributed by atoms with E-state index in [0.29, 0.717) is 27.9 Å². The van der Waals surface area contributed by atoms with Crippen molar-refractivity contribution in [2.45, 2.75) is 13.3 Å². The first kappa shape index (κ1) is 22.2. The van der Waals surface area contributed by atoms with Gasteiger partial charge >= 0.3 is 0 Å². The van der Waals surface area contributed by atoms with Crippen molar-refractivity contribution in [2.75, 3.05) is 44.3 Å². The molecule has 1 aliphatic heterocycles. The Morgan fingerprint density at radius 3 is 2.79 bits per heavy atom. The quantitative estimate of drug-likeness (QED) is 0.401. The minimum absolute atomic E-state index is 0.196. The molecule has 3 heterocycles. The third-order valence-electron chi connectivity index (χ3n) is 5.74. The summed E-state index contributed by atoms with van der Waals surface area (Å²) in [6, 6.07) is 11.3. The van der Waals surface area contributed by atoms with Crippen molar-refractivity contribution in [3.8, 4) is 0 Å². The maximum atomic E-state index is 13.6. The number of rotatable bonds is 6. The summed E-state index contributed by atoms with van der Waals surface area (Å²) in [4.78, 5) is 31.6. The third kappa shape index (κ3) is 4.84. The van der Waals surface area contributed by atoms with Gasteiger partial charge in [-0.3, -0.25) is 19.6 Å². The van der Waals surface area contributed by atoms with E-state index in [0.717, 1.165) is 60.6 Å². The lowest BCUT2D eigenvalue weighted by Crippen LogP contribution is -2.39. The van der Waals surface area contributed by atoms with Crippen LogP contribution in [0.3, 0.4) is 0 Å². The van der Waals surface area contributed by atoms with Crippen molar-refractivity contribution in [1.29, 1.82) is 0 Å². The highest BCUT2D eigenvalue weighted by atomic mass is 35.5. The van der Waals surface area contributed by atoms with Gasteiger partial charge in [0, 0.05) is 31.2 Å². The first-order chi connectivity index (χ1) is 16.1.